The Hall–Kier alpha value is -2.37. The summed E-state index contributed by atoms with van der Waals surface area (Å²) in [7, 11) is 0. The molecule has 0 spiro atoms. The van der Waals surface area contributed by atoms with Crippen molar-refractivity contribution in [3.05, 3.63) is 36.5 Å². The van der Waals surface area contributed by atoms with Gasteiger partial charge >= 0.3 is 17.9 Å². The normalized spacial score (nSPS) is 12.2. The van der Waals surface area contributed by atoms with E-state index in [1.807, 2.05) is 0 Å². The van der Waals surface area contributed by atoms with Gasteiger partial charge in [0.1, 0.15) is 13.2 Å². The third-order valence-corrected chi connectivity index (χ3v) is 16.6. The lowest BCUT2D eigenvalue weighted by Gasteiger charge is -2.18. The summed E-state index contributed by atoms with van der Waals surface area (Å²) in [6, 6.07) is 0. The van der Waals surface area contributed by atoms with Gasteiger partial charge in [-0.3, -0.25) is 14.4 Å². The molecule has 476 valence electrons. The second-order valence-electron chi connectivity index (χ2n) is 24.9. The number of unbranched alkanes of at least 4 members (excludes halogenated alkanes) is 51. The molecule has 0 aromatic rings. The molecule has 0 aliphatic carbocycles. The predicted octanol–water partition coefficient (Wildman–Crippen LogP) is 25.1. The average Bonchev–Trinajstić information content (AvgIpc) is 3.47. The fraction of sp³-hybridized carbons (Fsp3) is 0.880. The summed E-state index contributed by atoms with van der Waals surface area (Å²) >= 11 is 0. The van der Waals surface area contributed by atoms with Crippen molar-refractivity contribution in [2.24, 2.45) is 0 Å². The van der Waals surface area contributed by atoms with Crippen LogP contribution in [0.15, 0.2) is 36.5 Å². The summed E-state index contributed by atoms with van der Waals surface area (Å²) < 4.78 is 17.0. The largest absolute Gasteiger partial charge is 0.462 e. The van der Waals surface area contributed by atoms with E-state index >= 15 is 0 Å². The first-order chi connectivity index (χ1) is 40.0. The van der Waals surface area contributed by atoms with Crippen LogP contribution in [0.3, 0.4) is 0 Å². The first-order valence-corrected chi connectivity index (χ1v) is 36.5. The van der Waals surface area contributed by atoms with Crippen molar-refractivity contribution in [2.75, 3.05) is 13.2 Å². The van der Waals surface area contributed by atoms with Crippen LogP contribution in [0.5, 0.6) is 0 Å². The zero-order valence-corrected chi connectivity index (χ0v) is 54.8. The van der Waals surface area contributed by atoms with Crippen LogP contribution in [-0.4, -0.2) is 37.2 Å². The van der Waals surface area contributed by atoms with Crippen LogP contribution in [0.2, 0.25) is 0 Å². The fourth-order valence-electron chi connectivity index (χ4n) is 11.1. The monoisotopic (exact) mass is 1140 g/mol. The molecule has 0 amide bonds. The summed E-state index contributed by atoms with van der Waals surface area (Å²) in [6.45, 7) is 6.70. The molecule has 0 aliphatic heterocycles. The van der Waals surface area contributed by atoms with E-state index in [1.165, 1.54) is 295 Å². The van der Waals surface area contributed by atoms with Crippen molar-refractivity contribution in [1.82, 2.24) is 0 Å². The number of hydrogen-bond acceptors (Lipinski definition) is 6. The van der Waals surface area contributed by atoms with E-state index in [1.54, 1.807) is 0 Å². The van der Waals surface area contributed by atoms with E-state index in [0.29, 0.717) is 19.3 Å². The molecule has 0 aliphatic rings. The second-order valence-corrected chi connectivity index (χ2v) is 24.9. The Bertz CT molecular complexity index is 1350. The molecule has 0 fully saturated rings. The fourth-order valence-corrected chi connectivity index (χ4v) is 11.1. The van der Waals surface area contributed by atoms with Gasteiger partial charge in [0, 0.05) is 19.3 Å². The van der Waals surface area contributed by atoms with E-state index < -0.39 is 6.10 Å². The minimum absolute atomic E-state index is 0.0699. The maximum absolute atomic E-state index is 13.0. The van der Waals surface area contributed by atoms with Gasteiger partial charge in [-0.05, 0) is 77.0 Å². The molecule has 6 nitrogen and oxygen atoms in total. The van der Waals surface area contributed by atoms with Crippen molar-refractivity contribution in [3.8, 4) is 0 Å². The van der Waals surface area contributed by atoms with Crippen molar-refractivity contribution in [3.63, 3.8) is 0 Å². The highest BCUT2D eigenvalue weighted by Crippen LogP contribution is 2.19. The van der Waals surface area contributed by atoms with Gasteiger partial charge in [-0.2, -0.15) is 0 Å². The lowest BCUT2D eigenvalue weighted by atomic mass is 10.0. The Morgan fingerprint density at radius 3 is 0.691 bits per heavy atom. The highest BCUT2D eigenvalue weighted by Gasteiger charge is 2.19. The van der Waals surface area contributed by atoms with E-state index in [9.17, 15) is 14.4 Å². The molecular weight excluding hydrogens is 997 g/mol. The maximum Gasteiger partial charge on any atom is 0.306 e. The molecule has 0 aromatic carbocycles. The third kappa shape index (κ3) is 68.3. The highest BCUT2D eigenvalue weighted by atomic mass is 16.6. The molecule has 0 N–H and O–H groups in total. The van der Waals surface area contributed by atoms with Gasteiger partial charge in [0.25, 0.3) is 0 Å². The van der Waals surface area contributed by atoms with Gasteiger partial charge in [-0.15, -0.1) is 0 Å². The van der Waals surface area contributed by atoms with Gasteiger partial charge in [0.2, 0.25) is 0 Å². The molecule has 0 aromatic heterocycles. The molecule has 0 bridgehead atoms. The van der Waals surface area contributed by atoms with Gasteiger partial charge < -0.3 is 14.2 Å². The Kier molecular flexibility index (Phi) is 68.1. The lowest BCUT2D eigenvalue weighted by molar-refractivity contribution is -0.167. The number of rotatable bonds is 68. The quantitative estimate of drug-likeness (QED) is 0.0261. The number of ether oxygens (including phenoxy) is 3. The first-order valence-electron chi connectivity index (χ1n) is 36.5. The molecule has 6 heteroatoms. The standard InChI is InChI=1S/C75H140O6/c1-4-7-10-13-16-19-22-25-28-31-33-35-37-38-39-41-42-44-47-50-53-56-59-62-65-68-74(77)80-71-72(70-79-73(76)67-64-61-58-55-52-49-46-30-27-24-21-18-15-12-9-6-3)81-75(78)69-66-63-60-57-54-51-48-45-43-40-36-34-32-29-26-23-20-17-14-11-8-5-2/h22,25,30-31,33,46,72H,4-21,23-24,26-29,32,34-45,47-71H2,1-3H3/b25-22-,33-31-,46-30-. The summed E-state index contributed by atoms with van der Waals surface area (Å²) in [5, 5.41) is 0. The molecule has 81 heavy (non-hydrogen) atoms. The molecule has 0 rings (SSSR count). The van der Waals surface area contributed by atoms with E-state index in [2.05, 4.69) is 57.2 Å². The molecule has 0 saturated heterocycles. The summed E-state index contributed by atoms with van der Waals surface area (Å²) in [6.07, 6.45) is 87.5. The highest BCUT2D eigenvalue weighted by molar-refractivity contribution is 5.71. The second kappa shape index (κ2) is 70.1. The number of hydrogen-bond donors (Lipinski definition) is 0. The van der Waals surface area contributed by atoms with E-state index in [-0.39, 0.29) is 31.1 Å². The van der Waals surface area contributed by atoms with Crippen LogP contribution < -0.4 is 0 Å². The number of carbonyl (C=O) groups excluding carboxylic acids is 3. The zero-order chi connectivity index (χ0) is 58.5. The first kappa shape index (κ1) is 78.6. The van der Waals surface area contributed by atoms with Crippen LogP contribution in [0.4, 0.5) is 0 Å². The SMILES string of the molecule is CCCCCCC/C=C\C/C=C\CCCCCCCCCCCCCCCC(=O)OCC(COC(=O)CCCCCCC/C=C\CCCCCCCCC)OC(=O)CCCCCCCCCCCCCCCCCCCCCCCC. The smallest absolute Gasteiger partial charge is 0.306 e. The summed E-state index contributed by atoms with van der Waals surface area (Å²) in [5.74, 6) is -0.847. The minimum atomic E-state index is -0.775. The van der Waals surface area contributed by atoms with Crippen LogP contribution in [-0.2, 0) is 28.6 Å². The topological polar surface area (TPSA) is 78.9 Å². The van der Waals surface area contributed by atoms with Gasteiger partial charge in [-0.25, -0.2) is 0 Å². The number of carbonyl (C=O) groups is 3. The Balaban J connectivity index is 4.28. The third-order valence-electron chi connectivity index (χ3n) is 16.6. The lowest BCUT2D eigenvalue weighted by Crippen LogP contribution is -2.30. The molecule has 1 unspecified atom stereocenters. The van der Waals surface area contributed by atoms with E-state index in [4.69, 9.17) is 14.2 Å². The van der Waals surface area contributed by atoms with Crippen LogP contribution in [0.25, 0.3) is 0 Å². The van der Waals surface area contributed by atoms with E-state index in [0.717, 1.165) is 70.6 Å². The summed E-state index contributed by atoms with van der Waals surface area (Å²) in [4.78, 5) is 38.5. The van der Waals surface area contributed by atoms with Crippen LogP contribution in [0, 0.1) is 0 Å². The van der Waals surface area contributed by atoms with Gasteiger partial charge in [-0.1, -0.05) is 346 Å². The Morgan fingerprint density at radius 2 is 0.444 bits per heavy atom. The Morgan fingerprint density at radius 1 is 0.247 bits per heavy atom. The zero-order valence-electron chi connectivity index (χ0n) is 54.8. The van der Waals surface area contributed by atoms with Crippen molar-refractivity contribution >= 4 is 17.9 Å². The molecule has 0 radical (unpaired) electrons. The van der Waals surface area contributed by atoms with Crippen LogP contribution >= 0.6 is 0 Å². The van der Waals surface area contributed by atoms with Crippen LogP contribution in [0.1, 0.15) is 406 Å². The minimum Gasteiger partial charge on any atom is -0.462 e. The molecule has 0 saturated carbocycles. The van der Waals surface area contributed by atoms with Gasteiger partial charge in [0.15, 0.2) is 6.10 Å². The van der Waals surface area contributed by atoms with Crippen molar-refractivity contribution in [1.29, 1.82) is 0 Å². The maximum atomic E-state index is 13.0. The van der Waals surface area contributed by atoms with Crippen molar-refractivity contribution in [2.45, 2.75) is 412 Å². The molecule has 0 heterocycles. The molecule has 1 atom stereocenters. The molecular formula is C75H140O6. The average molecular weight is 1140 g/mol. The predicted molar refractivity (Wildman–Crippen MR) is 353 cm³/mol. The van der Waals surface area contributed by atoms with Gasteiger partial charge in [0.05, 0.1) is 0 Å². The number of allylic oxidation sites excluding steroid dienone is 6. The van der Waals surface area contributed by atoms with Crippen molar-refractivity contribution < 1.29 is 28.6 Å². The number of esters is 3. The Labute approximate surface area is 506 Å². The summed E-state index contributed by atoms with van der Waals surface area (Å²) in [5.41, 5.74) is 0.